The molecule has 0 spiro atoms. The molecule has 1 unspecified atom stereocenters. The van der Waals surface area contributed by atoms with Crippen molar-refractivity contribution in [2.45, 2.75) is 37.5 Å². The van der Waals surface area contributed by atoms with E-state index in [1.54, 1.807) is 16.4 Å². The summed E-state index contributed by atoms with van der Waals surface area (Å²) in [5.41, 5.74) is 0.638. The van der Waals surface area contributed by atoms with Crippen LogP contribution in [0.1, 0.15) is 31.2 Å². The van der Waals surface area contributed by atoms with Gasteiger partial charge in [-0.25, -0.2) is 12.8 Å². The molecule has 25 heavy (non-hydrogen) atoms. The number of sulfonamides is 1. The number of benzene rings is 1. The monoisotopic (exact) mass is 370 g/mol. The maximum absolute atomic E-state index is 13.0. The van der Waals surface area contributed by atoms with Crippen molar-refractivity contribution in [2.75, 3.05) is 39.4 Å². The van der Waals surface area contributed by atoms with E-state index in [2.05, 4.69) is 4.90 Å². The maximum atomic E-state index is 13.0. The van der Waals surface area contributed by atoms with Gasteiger partial charge in [0.25, 0.3) is 0 Å². The molecule has 3 rings (SSSR count). The first kappa shape index (κ1) is 18.8. The average Bonchev–Trinajstić information content (AvgIpc) is 2.63. The highest BCUT2D eigenvalue weighted by Crippen LogP contribution is 2.25. The van der Waals surface area contributed by atoms with E-state index in [1.165, 1.54) is 12.1 Å². The molecule has 1 aromatic carbocycles. The molecule has 140 valence electrons. The third-order valence-electron chi connectivity index (χ3n) is 5.07. The smallest absolute Gasteiger partial charge is 0.218 e. The van der Waals surface area contributed by atoms with Crippen LogP contribution in [0.3, 0.4) is 0 Å². The summed E-state index contributed by atoms with van der Waals surface area (Å²) < 4.78 is 45.9. The Morgan fingerprint density at radius 2 is 1.80 bits per heavy atom. The van der Waals surface area contributed by atoms with Crippen molar-refractivity contribution in [2.24, 2.45) is 0 Å². The Balaban J connectivity index is 1.63. The quantitative estimate of drug-likeness (QED) is 0.771. The van der Waals surface area contributed by atoms with E-state index in [9.17, 15) is 12.8 Å². The topological polar surface area (TPSA) is 49.9 Å². The standard InChI is InChI=1S/C18H27FN2O3S/c19-17-6-4-16(5-7-17)15-25(22,23)21-9-2-1-3-18(21)8-10-20-11-13-24-14-12-20/h4-7,18H,1-3,8-15H2. The lowest BCUT2D eigenvalue weighted by Crippen LogP contribution is -2.46. The number of hydrogen-bond acceptors (Lipinski definition) is 4. The van der Waals surface area contributed by atoms with Gasteiger partial charge >= 0.3 is 0 Å². The van der Waals surface area contributed by atoms with Gasteiger partial charge < -0.3 is 4.74 Å². The fraction of sp³-hybridized carbons (Fsp3) is 0.667. The average molecular weight is 370 g/mol. The van der Waals surface area contributed by atoms with E-state index >= 15 is 0 Å². The second kappa shape index (κ2) is 8.58. The number of morpholine rings is 1. The number of nitrogens with zero attached hydrogens (tertiary/aromatic N) is 2. The van der Waals surface area contributed by atoms with Gasteiger partial charge in [0.15, 0.2) is 0 Å². The van der Waals surface area contributed by atoms with Gasteiger partial charge in [-0.2, -0.15) is 4.31 Å². The van der Waals surface area contributed by atoms with Crippen LogP contribution in [0.2, 0.25) is 0 Å². The molecule has 0 saturated carbocycles. The Kier molecular flexibility index (Phi) is 6.44. The molecule has 0 aliphatic carbocycles. The zero-order chi connectivity index (χ0) is 17.7. The van der Waals surface area contributed by atoms with Gasteiger partial charge in [0, 0.05) is 25.7 Å². The van der Waals surface area contributed by atoms with E-state index < -0.39 is 10.0 Å². The van der Waals surface area contributed by atoms with E-state index in [-0.39, 0.29) is 17.6 Å². The minimum absolute atomic E-state index is 0.0542. The Morgan fingerprint density at radius 3 is 2.52 bits per heavy atom. The summed E-state index contributed by atoms with van der Waals surface area (Å²) in [7, 11) is -3.38. The van der Waals surface area contributed by atoms with Crippen LogP contribution in [0.25, 0.3) is 0 Å². The molecule has 0 N–H and O–H groups in total. The first-order valence-electron chi connectivity index (χ1n) is 9.09. The summed E-state index contributed by atoms with van der Waals surface area (Å²) in [6.07, 6.45) is 3.78. The first-order chi connectivity index (χ1) is 12.0. The van der Waals surface area contributed by atoms with Crippen molar-refractivity contribution >= 4 is 10.0 Å². The van der Waals surface area contributed by atoms with Gasteiger partial charge in [-0.1, -0.05) is 18.6 Å². The van der Waals surface area contributed by atoms with Gasteiger partial charge in [0.05, 0.1) is 19.0 Å². The van der Waals surface area contributed by atoms with Gasteiger partial charge in [0.1, 0.15) is 5.82 Å². The molecule has 7 heteroatoms. The van der Waals surface area contributed by atoms with E-state index in [4.69, 9.17) is 4.74 Å². The first-order valence-corrected chi connectivity index (χ1v) is 10.7. The molecule has 0 aromatic heterocycles. The zero-order valence-electron chi connectivity index (χ0n) is 14.6. The van der Waals surface area contributed by atoms with Crippen LogP contribution < -0.4 is 0 Å². The third-order valence-corrected chi connectivity index (χ3v) is 6.97. The molecule has 1 aromatic rings. The molecule has 2 aliphatic heterocycles. The summed E-state index contributed by atoms with van der Waals surface area (Å²) in [4.78, 5) is 2.35. The van der Waals surface area contributed by atoms with E-state index in [0.29, 0.717) is 12.1 Å². The zero-order valence-corrected chi connectivity index (χ0v) is 15.4. The Morgan fingerprint density at radius 1 is 1.08 bits per heavy atom. The summed E-state index contributed by atoms with van der Waals surface area (Å²) in [5, 5.41) is 0. The fourth-order valence-electron chi connectivity index (χ4n) is 3.66. The predicted molar refractivity (Wildman–Crippen MR) is 95.2 cm³/mol. The molecule has 0 radical (unpaired) electrons. The summed E-state index contributed by atoms with van der Waals surface area (Å²) >= 11 is 0. The summed E-state index contributed by atoms with van der Waals surface area (Å²) in [6, 6.07) is 5.81. The SMILES string of the molecule is O=S(=O)(Cc1ccc(F)cc1)N1CCCCC1CCN1CCOCC1. The van der Waals surface area contributed by atoms with Crippen molar-refractivity contribution in [3.05, 3.63) is 35.6 Å². The molecule has 2 heterocycles. The van der Waals surface area contributed by atoms with Crippen LogP contribution in [-0.2, 0) is 20.5 Å². The lowest BCUT2D eigenvalue weighted by atomic mass is 10.0. The molecule has 0 bridgehead atoms. The minimum atomic E-state index is -3.38. The van der Waals surface area contributed by atoms with Crippen molar-refractivity contribution in [1.82, 2.24) is 9.21 Å². The van der Waals surface area contributed by atoms with Crippen LogP contribution >= 0.6 is 0 Å². The minimum Gasteiger partial charge on any atom is -0.379 e. The predicted octanol–water partition coefficient (Wildman–Crippen LogP) is 2.23. The lowest BCUT2D eigenvalue weighted by molar-refractivity contribution is 0.0340. The second-order valence-electron chi connectivity index (χ2n) is 6.89. The summed E-state index contributed by atoms with van der Waals surface area (Å²) in [5.74, 6) is -0.399. The molecule has 1 atom stereocenters. The number of hydrogen-bond donors (Lipinski definition) is 0. The van der Waals surface area contributed by atoms with Crippen molar-refractivity contribution in [1.29, 1.82) is 0 Å². The van der Waals surface area contributed by atoms with Gasteiger partial charge in [-0.15, -0.1) is 0 Å². The molecule has 0 amide bonds. The van der Waals surface area contributed by atoms with E-state index in [1.807, 2.05) is 0 Å². The second-order valence-corrected chi connectivity index (χ2v) is 8.81. The molecular formula is C18H27FN2O3S. The van der Waals surface area contributed by atoms with E-state index in [0.717, 1.165) is 58.5 Å². The molecule has 2 saturated heterocycles. The molecule has 5 nitrogen and oxygen atoms in total. The Hall–Kier alpha value is -1.02. The van der Waals surface area contributed by atoms with Gasteiger partial charge in [-0.05, 0) is 43.5 Å². The number of piperidine rings is 1. The number of ether oxygens (including phenoxy) is 1. The van der Waals surface area contributed by atoms with Gasteiger partial charge in [-0.3, -0.25) is 4.90 Å². The Labute approximate surface area is 149 Å². The maximum Gasteiger partial charge on any atom is 0.218 e. The van der Waals surface area contributed by atoms with Crippen LogP contribution in [0.15, 0.2) is 24.3 Å². The molecule has 2 aliphatic rings. The van der Waals surface area contributed by atoms with Crippen LogP contribution in [0, 0.1) is 5.82 Å². The van der Waals surface area contributed by atoms with Crippen LogP contribution in [0.4, 0.5) is 4.39 Å². The fourth-order valence-corrected chi connectivity index (χ4v) is 5.51. The van der Waals surface area contributed by atoms with Gasteiger partial charge in [0.2, 0.25) is 10.0 Å². The highest BCUT2D eigenvalue weighted by molar-refractivity contribution is 7.88. The highest BCUT2D eigenvalue weighted by Gasteiger charge is 2.32. The largest absolute Gasteiger partial charge is 0.379 e. The molecular weight excluding hydrogens is 343 g/mol. The van der Waals surface area contributed by atoms with Crippen LogP contribution in [0.5, 0.6) is 0 Å². The summed E-state index contributed by atoms with van der Waals surface area (Å²) in [6.45, 7) is 4.88. The highest BCUT2D eigenvalue weighted by atomic mass is 32.2. The van der Waals surface area contributed by atoms with Crippen molar-refractivity contribution in [3.8, 4) is 0 Å². The molecule has 2 fully saturated rings. The number of rotatable bonds is 6. The van der Waals surface area contributed by atoms with Crippen LogP contribution in [-0.4, -0.2) is 63.1 Å². The van der Waals surface area contributed by atoms with Crippen molar-refractivity contribution in [3.63, 3.8) is 0 Å². The lowest BCUT2D eigenvalue weighted by Gasteiger charge is -2.36. The third kappa shape index (κ3) is 5.23. The number of halogens is 1. The van der Waals surface area contributed by atoms with Crippen molar-refractivity contribution < 1.29 is 17.5 Å². The normalized spacial score (nSPS) is 23.6. The Bertz CT molecular complexity index is 645.